The molecule has 0 bridgehead atoms. The molecular weight excluding hydrogens is 224 g/mol. The fraction of sp³-hybridized carbons (Fsp3) is 0.562. The van der Waals surface area contributed by atoms with Crippen LogP contribution in [0.25, 0.3) is 0 Å². The van der Waals surface area contributed by atoms with Gasteiger partial charge in [-0.25, -0.2) is 0 Å². The fourth-order valence-electron chi connectivity index (χ4n) is 4.07. The first-order valence-electron chi connectivity index (χ1n) is 6.90. The van der Waals surface area contributed by atoms with Crippen molar-refractivity contribution < 1.29 is 9.53 Å². The summed E-state index contributed by atoms with van der Waals surface area (Å²) in [5, 5.41) is 0. The molecule has 2 aliphatic rings. The Balaban J connectivity index is 2.19. The van der Waals surface area contributed by atoms with E-state index in [2.05, 4.69) is 13.0 Å². The fourth-order valence-corrected chi connectivity index (χ4v) is 4.07. The molecule has 3 unspecified atom stereocenters. The van der Waals surface area contributed by atoms with Gasteiger partial charge in [0.15, 0.2) is 0 Å². The molecular formula is C16H20O2. The van der Waals surface area contributed by atoms with Crippen LogP contribution in [-0.4, -0.2) is 13.4 Å². The predicted octanol–water partition coefficient (Wildman–Crippen LogP) is 3.57. The van der Waals surface area contributed by atoms with Crippen LogP contribution >= 0.6 is 0 Å². The molecule has 2 heteroatoms. The summed E-state index contributed by atoms with van der Waals surface area (Å²) in [6.07, 6.45) is 6.13. The highest BCUT2D eigenvalue weighted by Gasteiger charge is 2.43. The number of carbonyl (C=O) groups is 1. The average Bonchev–Trinajstić information content (AvgIpc) is 2.74. The molecule has 18 heavy (non-hydrogen) atoms. The van der Waals surface area contributed by atoms with Crippen molar-refractivity contribution in [2.45, 2.75) is 44.4 Å². The van der Waals surface area contributed by atoms with Gasteiger partial charge in [0, 0.05) is 11.5 Å². The molecule has 96 valence electrons. The van der Waals surface area contributed by atoms with E-state index < -0.39 is 0 Å². The molecule has 1 aromatic rings. The lowest BCUT2D eigenvalue weighted by Gasteiger charge is -2.28. The van der Waals surface area contributed by atoms with Crippen molar-refractivity contribution in [3.8, 4) is 5.75 Å². The van der Waals surface area contributed by atoms with E-state index in [1.165, 1.54) is 42.4 Å². The van der Waals surface area contributed by atoms with E-state index in [0.717, 1.165) is 12.0 Å². The lowest BCUT2D eigenvalue weighted by molar-refractivity contribution is -0.110. The Morgan fingerprint density at radius 2 is 2.00 bits per heavy atom. The highest BCUT2D eigenvalue weighted by atomic mass is 16.5. The topological polar surface area (TPSA) is 26.3 Å². The summed E-state index contributed by atoms with van der Waals surface area (Å²) < 4.78 is 5.49. The van der Waals surface area contributed by atoms with Crippen LogP contribution < -0.4 is 4.74 Å². The minimum Gasteiger partial charge on any atom is -0.496 e. The highest BCUT2D eigenvalue weighted by Crippen LogP contribution is 2.55. The number of hydrogen-bond acceptors (Lipinski definition) is 2. The van der Waals surface area contributed by atoms with Crippen molar-refractivity contribution in [2.24, 2.45) is 5.92 Å². The van der Waals surface area contributed by atoms with E-state index in [1.807, 2.05) is 6.07 Å². The maximum absolute atomic E-state index is 11.5. The van der Waals surface area contributed by atoms with Gasteiger partial charge in [-0.15, -0.1) is 0 Å². The Labute approximate surface area is 108 Å². The first-order valence-corrected chi connectivity index (χ1v) is 6.90. The van der Waals surface area contributed by atoms with Crippen LogP contribution in [0.2, 0.25) is 0 Å². The first-order chi connectivity index (χ1) is 8.77. The van der Waals surface area contributed by atoms with Crippen LogP contribution in [0.15, 0.2) is 12.1 Å². The van der Waals surface area contributed by atoms with Crippen molar-refractivity contribution in [1.82, 2.24) is 0 Å². The largest absolute Gasteiger partial charge is 0.496 e. The normalized spacial score (nSPS) is 29.6. The number of aldehydes is 1. The van der Waals surface area contributed by atoms with Crippen LogP contribution in [0.3, 0.4) is 0 Å². The number of rotatable bonds is 2. The first kappa shape index (κ1) is 11.8. The molecule has 3 atom stereocenters. The van der Waals surface area contributed by atoms with Crippen molar-refractivity contribution in [3.05, 3.63) is 28.8 Å². The molecule has 0 spiro atoms. The molecule has 0 saturated heterocycles. The van der Waals surface area contributed by atoms with Crippen molar-refractivity contribution >= 4 is 6.29 Å². The van der Waals surface area contributed by atoms with Gasteiger partial charge in [0.1, 0.15) is 12.0 Å². The van der Waals surface area contributed by atoms with Crippen LogP contribution in [0.4, 0.5) is 0 Å². The molecule has 1 fully saturated rings. The van der Waals surface area contributed by atoms with Gasteiger partial charge in [-0.2, -0.15) is 0 Å². The number of carbonyl (C=O) groups excluding carboxylic acids is 1. The minimum absolute atomic E-state index is 0.0557. The maximum atomic E-state index is 11.5. The molecule has 1 saturated carbocycles. The van der Waals surface area contributed by atoms with Crippen LogP contribution in [0.1, 0.15) is 54.2 Å². The molecule has 0 aliphatic heterocycles. The van der Waals surface area contributed by atoms with Gasteiger partial charge in [0.2, 0.25) is 0 Å². The Bertz CT molecular complexity index is 478. The van der Waals surface area contributed by atoms with Gasteiger partial charge in [-0.05, 0) is 48.8 Å². The number of methoxy groups -OCH3 is 1. The summed E-state index contributed by atoms with van der Waals surface area (Å²) in [7, 11) is 1.70. The van der Waals surface area contributed by atoms with Crippen molar-refractivity contribution in [3.63, 3.8) is 0 Å². The highest BCUT2D eigenvalue weighted by molar-refractivity contribution is 5.71. The lowest BCUT2D eigenvalue weighted by Crippen LogP contribution is -2.17. The van der Waals surface area contributed by atoms with Gasteiger partial charge in [-0.1, -0.05) is 18.9 Å². The number of fused-ring (bicyclic) bond motifs is 3. The van der Waals surface area contributed by atoms with Gasteiger partial charge in [0.05, 0.1) is 7.11 Å². The smallest absolute Gasteiger partial charge is 0.127 e. The minimum atomic E-state index is 0.0557. The monoisotopic (exact) mass is 244 g/mol. The molecule has 2 aliphatic carbocycles. The molecule has 3 rings (SSSR count). The summed E-state index contributed by atoms with van der Waals surface area (Å²) in [4.78, 5) is 11.5. The lowest BCUT2D eigenvalue weighted by atomic mass is 9.76. The number of ether oxygens (including phenoxy) is 1. The predicted molar refractivity (Wildman–Crippen MR) is 71.2 cm³/mol. The van der Waals surface area contributed by atoms with Gasteiger partial charge in [0.25, 0.3) is 0 Å². The summed E-state index contributed by atoms with van der Waals surface area (Å²) >= 11 is 0. The number of benzene rings is 1. The second kappa shape index (κ2) is 4.42. The molecule has 0 heterocycles. The standard InChI is InChI=1S/C16H20O2/c1-10-7-8-14(18-2)16-13(9-17)11-5-3-4-6-12(11)15(10)16/h7-9,11-13H,3-6H2,1-2H3. The molecule has 0 amide bonds. The summed E-state index contributed by atoms with van der Waals surface area (Å²) in [6, 6.07) is 4.15. The molecule has 0 radical (unpaired) electrons. The zero-order valence-corrected chi connectivity index (χ0v) is 11.1. The van der Waals surface area contributed by atoms with Crippen LogP contribution in [0, 0.1) is 12.8 Å². The van der Waals surface area contributed by atoms with Crippen LogP contribution in [-0.2, 0) is 4.79 Å². The van der Waals surface area contributed by atoms with Gasteiger partial charge >= 0.3 is 0 Å². The SMILES string of the molecule is COc1ccc(C)c2c1C(C=O)C1CCCCC21. The maximum Gasteiger partial charge on any atom is 0.127 e. The van der Waals surface area contributed by atoms with Gasteiger partial charge < -0.3 is 9.53 Å². The third kappa shape index (κ3) is 1.51. The quantitative estimate of drug-likeness (QED) is 0.743. The number of aryl methyl sites for hydroxylation is 1. The van der Waals surface area contributed by atoms with E-state index in [4.69, 9.17) is 4.74 Å². The second-order valence-corrected chi connectivity index (χ2v) is 5.63. The second-order valence-electron chi connectivity index (χ2n) is 5.63. The van der Waals surface area contributed by atoms with E-state index in [1.54, 1.807) is 7.11 Å². The average molecular weight is 244 g/mol. The zero-order valence-electron chi connectivity index (χ0n) is 11.1. The van der Waals surface area contributed by atoms with Gasteiger partial charge in [-0.3, -0.25) is 0 Å². The Morgan fingerprint density at radius 1 is 1.22 bits per heavy atom. The summed E-state index contributed by atoms with van der Waals surface area (Å²) in [5.41, 5.74) is 3.92. The van der Waals surface area contributed by atoms with Crippen molar-refractivity contribution in [1.29, 1.82) is 0 Å². The van der Waals surface area contributed by atoms with E-state index in [-0.39, 0.29) is 5.92 Å². The molecule has 0 N–H and O–H groups in total. The van der Waals surface area contributed by atoms with E-state index in [9.17, 15) is 4.79 Å². The third-order valence-electron chi connectivity index (χ3n) is 4.82. The summed E-state index contributed by atoms with van der Waals surface area (Å²) in [5.74, 6) is 2.06. The zero-order chi connectivity index (χ0) is 12.7. The summed E-state index contributed by atoms with van der Waals surface area (Å²) in [6.45, 7) is 2.16. The molecule has 0 aromatic heterocycles. The Hall–Kier alpha value is -1.31. The third-order valence-corrected chi connectivity index (χ3v) is 4.82. The Morgan fingerprint density at radius 3 is 2.72 bits per heavy atom. The molecule has 1 aromatic carbocycles. The van der Waals surface area contributed by atoms with E-state index in [0.29, 0.717) is 11.8 Å². The Kier molecular flexibility index (Phi) is 2.89. The van der Waals surface area contributed by atoms with Crippen LogP contribution in [0.5, 0.6) is 5.75 Å². The molecule has 2 nitrogen and oxygen atoms in total. The van der Waals surface area contributed by atoms with E-state index >= 15 is 0 Å². The number of hydrogen-bond donors (Lipinski definition) is 0. The van der Waals surface area contributed by atoms with Crippen molar-refractivity contribution in [2.75, 3.05) is 7.11 Å².